The molecule has 1 aliphatic rings. The zero-order chi connectivity index (χ0) is 7.61. The molecule has 1 fully saturated rings. The Morgan fingerprint density at radius 3 is 2.80 bits per heavy atom. The molecule has 1 unspecified atom stereocenters. The van der Waals surface area contributed by atoms with E-state index in [9.17, 15) is 8.42 Å². The quantitative estimate of drug-likeness (QED) is 0.576. The minimum atomic E-state index is -2.88. The largest absolute Gasteiger partial charge is 0.380 e. The number of rotatable bonds is 2. The van der Waals surface area contributed by atoms with Crippen molar-refractivity contribution >= 4 is 9.84 Å². The van der Waals surface area contributed by atoms with E-state index in [4.69, 9.17) is 4.74 Å². The van der Waals surface area contributed by atoms with Crippen LogP contribution in [0.3, 0.4) is 0 Å². The van der Waals surface area contributed by atoms with Gasteiger partial charge in [0, 0.05) is 12.2 Å². The Hall–Kier alpha value is -0.0900. The molecular formula is C6H11O3S. The lowest BCUT2D eigenvalue weighted by Gasteiger charge is -2.05. The molecule has 0 N–H and O–H groups in total. The Bertz CT molecular complexity index is 189. The van der Waals surface area contributed by atoms with Crippen LogP contribution in [-0.4, -0.2) is 32.6 Å². The standard InChI is InChI=1S/C6H11O3S/c1-2-10(7,8)6-3-4-9-5-6/h3,6H,2,4-5H2,1H3. The first-order chi connectivity index (χ1) is 4.67. The van der Waals surface area contributed by atoms with Gasteiger partial charge in [0.05, 0.1) is 18.5 Å². The molecule has 0 aliphatic carbocycles. The first kappa shape index (κ1) is 8.01. The van der Waals surface area contributed by atoms with Crippen molar-refractivity contribution in [2.24, 2.45) is 0 Å². The molecule has 0 aromatic carbocycles. The summed E-state index contributed by atoms with van der Waals surface area (Å²) < 4.78 is 27.1. The monoisotopic (exact) mass is 163 g/mol. The predicted molar refractivity (Wildman–Crippen MR) is 38.4 cm³/mol. The van der Waals surface area contributed by atoms with Crippen molar-refractivity contribution in [3.63, 3.8) is 0 Å². The summed E-state index contributed by atoms with van der Waals surface area (Å²) in [7, 11) is -2.88. The van der Waals surface area contributed by atoms with Gasteiger partial charge in [0.15, 0.2) is 9.84 Å². The van der Waals surface area contributed by atoms with Crippen molar-refractivity contribution in [3.8, 4) is 0 Å². The highest BCUT2D eigenvalue weighted by molar-refractivity contribution is 7.92. The van der Waals surface area contributed by atoms with Crippen molar-refractivity contribution in [2.75, 3.05) is 19.0 Å². The van der Waals surface area contributed by atoms with Gasteiger partial charge in [-0.1, -0.05) is 6.92 Å². The SMILES string of the molecule is CCS(=O)(=O)C1[CH]COC1. The van der Waals surface area contributed by atoms with Gasteiger partial charge in [0.2, 0.25) is 0 Å². The highest BCUT2D eigenvalue weighted by atomic mass is 32.2. The molecule has 0 amide bonds. The summed E-state index contributed by atoms with van der Waals surface area (Å²) in [5.41, 5.74) is 0. The maximum Gasteiger partial charge on any atom is 0.155 e. The van der Waals surface area contributed by atoms with Gasteiger partial charge in [0.25, 0.3) is 0 Å². The van der Waals surface area contributed by atoms with Gasteiger partial charge in [-0.2, -0.15) is 0 Å². The lowest BCUT2D eigenvalue weighted by molar-refractivity contribution is 0.204. The van der Waals surface area contributed by atoms with Crippen molar-refractivity contribution in [1.29, 1.82) is 0 Å². The molecule has 1 radical (unpaired) electrons. The van der Waals surface area contributed by atoms with Gasteiger partial charge in [0.1, 0.15) is 0 Å². The average molecular weight is 163 g/mol. The van der Waals surface area contributed by atoms with E-state index >= 15 is 0 Å². The number of sulfone groups is 1. The van der Waals surface area contributed by atoms with Gasteiger partial charge in [-0.25, -0.2) is 8.42 Å². The Labute approximate surface area is 61.3 Å². The molecule has 0 aromatic rings. The predicted octanol–water partition coefficient (Wildman–Crippen LogP) is 0.0242. The highest BCUT2D eigenvalue weighted by Gasteiger charge is 2.27. The van der Waals surface area contributed by atoms with Crippen LogP contribution in [0.5, 0.6) is 0 Å². The third-order valence-corrected chi connectivity index (χ3v) is 3.68. The van der Waals surface area contributed by atoms with E-state index < -0.39 is 9.84 Å². The second kappa shape index (κ2) is 2.88. The third kappa shape index (κ3) is 1.49. The van der Waals surface area contributed by atoms with Crippen molar-refractivity contribution in [2.45, 2.75) is 12.2 Å². The van der Waals surface area contributed by atoms with Crippen LogP contribution in [0, 0.1) is 6.42 Å². The molecule has 1 saturated heterocycles. The van der Waals surface area contributed by atoms with Crippen molar-refractivity contribution < 1.29 is 13.2 Å². The number of hydrogen-bond acceptors (Lipinski definition) is 3. The van der Waals surface area contributed by atoms with Crippen LogP contribution in [0.4, 0.5) is 0 Å². The summed E-state index contributed by atoms with van der Waals surface area (Å²) >= 11 is 0. The Kier molecular flexibility index (Phi) is 2.31. The second-order valence-corrected chi connectivity index (χ2v) is 4.77. The summed E-state index contributed by atoms with van der Waals surface area (Å²) in [6, 6.07) is 0. The molecule has 1 atom stereocenters. The van der Waals surface area contributed by atoms with E-state index in [0.717, 1.165) is 0 Å². The van der Waals surface area contributed by atoms with Crippen LogP contribution >= 0.6 is 0 Å². The Morgan fingerprint density at radius 2 is 2.40 bits per heavy atom. The summed E-state index contributed by atoms with van der Waals surface area (Å²) in [5.74, 6) is 0.206. The van der Waals surface area contributed by atoms with Gasteiger partial charge in [-0.15, -0.1) is 0 Å². The van der Waals surface area contributed by atoms with Gasteiger partial charge in [-0.3, -0.25) is 0 Å². The van der Waals surface area contributed by atoms with E-state index in [-0.39, 0.29) is 11.0 Å². The molecule has 0 bridgehead atoms. The molecular weight excluding hydrogens is 152 g/mol. The van der Waals surface area contributed by atoms with E-state index in [1.165, 1.54) is 0 Å². The molecule has 1 aliphatic heterocycles. The smallest absolute Gasteiger partial charge is 0.155 e. The fourth-order valence-corrected chi connectivity index (χ4v) is 2.00. The number of hydrogen-bond donors (Lipinski definition) is 0. The van der Waals surface area contributed by atoms with Crippen LogP contribution in [0.25, 0.3) is 0 Å². The molecule has 1 heterocycles. The summed E-state index contributed by atoms with van der Waals surface area (Å²) in [5, 5.41) is -0.350. The number of ether oxygens (including phenoxy) is 1. The fourth-order valence-electron chi connectivity index (χ4n) is 0.892. The van der Waals surface area contributed by atoms with Crippen LogP contribution < -0.4 is 0 Å². The molecule has 1 rings (SSSR count). The fraction of sp³-hybridized carbons (Fsp3) is 0.833. The molecule has 10 heavy (non-hydrogen) atoms. The molecule has 4 heteroatoms. The summed E-state index contributed by atoms with van der Waals surface area (Å²) in [6.45, 7) is 2.47. The first-order valence-corrected chi connectivity index (χ1v) is 5.01. The molecule has 0 saturated carbocycles. The lowest BCUT2D eigenvalue weighted by atomic mass is 10.4. The Balaban J connectivity index is 2.63. The maximum atomic E-state index is 11.1. The van der Waals surface area contributed by atoms with E-state index in [1.54, 1.807) is 13.3 Å². The molecule has 0 spiro atoms. The van der Waals surface area contributed by atoms with Gasteiger partial charge < -0.3 is 4.74 Å². The van der Waals surface area contributed by atoms with E-state index in [0.29, 0.717) is 13.2 Å². The van der Waals surface area contributed by atoms with Gasteiger partial charge in [-0.05, 0) is 0 Å². The van der Waals surface area contributed by atoms with Crippen molar-refractivity contribution in [1.82, 2.24) is 0 Å². The van der Waals surface area contributed by atoms with Gasteiger partial charge >= 0.3 is 0 Å². The van der Waals surface area contributed by atoms with Crippen LogP contribution in [-0.2, 0) is 14.6 Å². The third-order valence-electron chi connectivity index (χ3n) is 1.62. The molecule has 0 aromatic heterocycles. The normalized spacial score (nSPS) is 27.1. The molecule has 3 nitrogen and oxygen atoms in total. The molecule has 59 valence electrons. The summed E-state index contributed by atoms with van der Waals surface area (Å²) in [6.07, 6.45) is 1.71. The van der Waals surface area contributed by atoms with E-state index in [2.05, 4.69) is 0 Å². The average Bonchev–Trinajstić information content (AvgIpc) is 2.38. The van der Waals surface area contributed by atoms with E-state index in [1.807, 2.05) is 0 Å². The lowest BCUT2D eigenvalue weighted by Crippen LogP contribution is -2.23. The van der Waals surface area contributed by atoms with Crippen molar-refractivity contribution in [3.05, 3.63) is 6.42 Å². The topological polar surface area (TPSA) is 43.4 Å². The minimum absolute atomic E-state index is 0.206. The van der Waals surface area contributed by atoms with Crippen LogP contribution in [0.2, 0.25) is 0 Å². The first-order valence-electron chi connectivity index (χ1n) is 3.29. The summed E-state index contributed by atoms with van der Waals surface area (Å²) in [4.78, 5) is 0. The zero-order valence-electron chi connectivity index (χ0n) is 5.91. The van der Waals surface area contributed by atoms with Crippen LogP contribution in [0.1, 0.15) is 6.92 Å². The maximum absolute atomic E-state index is 11.1. The van der Waals surface area contributed by atoms with Crippen LogP contribution in [0.15, 0.2) is 0 Å². The Morgan fingerprint density at radius 1 is 1.70 bits per heavy atom. The zero-order valence-corrected chi connectivity index (χ0v) is 6.73. The minimum Gasteiger partial charge on any atom is -0.380 e. The highest BCUT2D eigenvalue weighted by Crippen LogP contribution is 2.12. The second-order valence-electron chi connectivity index (χ2n) is 2.26.